The lowest BCUT2D eigenvalue weighted by molar-refractivity contribution is -0.139. The van der Waals surface area contributed by atoms with Gasteiger partial charge in [0.05, 0.1) is 5.75 Å². The van der Waals surface area contributed by atoms with Crippen molar-refractivity contribution in [3.05, 3.63) is 34.3 Å². The molecule has 0 bridgehead atoms. The van der Waals surface area contributed by atoms with E-state index in [1.165, 1.54) is 13.8 Å². The Kier molecular flexibility index (Phi) is 3.99. The van der Waals surface area contributed by atoms with E-state index >= 15 is 0 Å². The van der Waals surface area contributed by atoms with E-state index in [1.54, 1.807) is 24.3 Å². The molecule has 0 radical (unpaired) electrons. The second-order valence-corrected chi connectivity index (χ2v) is 7.66. The molecule has 17 heavy (non-hydrogen) atoms. The molecule has 0 amide bonds. The van der Waals surface area contributed by atoms with Gasteiger partial charge in [-0.1, -0.05) is 28.1 Å². The molecule has 0 heterocycles. The monoisotopic (exact) mass is 320 g/mol. The summed E-state index contributed by atoms with van der Waals surface area (Å²) in [5, 5.41) is 8.91. The molecule has 1 aromatic carbocycles. The Labute approximate surface area is 109 Å². The molecule has 1 N–H and O–H groups in total. The summed E-state index contributed by atoms with van der Waals surface area (Å²) < 4.78 is 23.0. The fourth-order valence-electron chi connectivity index (χ4n) is 1.11. The molecule has 0 aliphatic heterocycles. The maximum atomic E-state index is 12.0. The highest BCUT2D eigenvalue weighted by atomic mass is 79.9. The van der Waals surface area contributed by atoms with Gasteiger partial charge in [-0.3, -0.25) is 4.79 Å². The van der Waals surface area contributed by atoms with Gasteiger partial charge in [-0.2, -0.15) is 0 Å². The summed E-state index contributed by atoms with van der Waals surface area (Å²) in [6.45, 7) is 2.40. The van der Waals surface area contributed by atoms with Gasteiger partial charge in [0.1, 0.15) is 0 Å². The van der Waals surface area contributed by atoms with Crippen LogP contribution >= 0.6 is 15.9 Å². The largest absolute Gasteiger partial charge is 0.480 e. The summed E-state index contributed by atoms with van der Waals surface area (Å²) >= 11 is 3.24. The molecule has 0 atom stereocenters. The molecule has 0 saturated heterocycles. The zero-order valence-corrected chi connectivity index (χ0v) is 11.9. The molecule has 1 aromatic rings. The smallest absolute Gasteiger partial charge is 0.324 e. The SMILES string of the molecule is CC(C)(C(=O)O)S(=O)(=O)Cc1ccc(Br)cc1. The highest BCUT2D eigenvalue weighted by Gasteiger charge is 2.41. The first kappa shape index (κ1) is 14.2. The van der Waals surface area contributed by atoms with Crippen molar-refractivity contribution < 1.29 is 18.3 Å². The predicted octanol–water partition coefficient (Wildman–Crippen LogP) is 2.23. The Bertz CT molecular complexity index is 517. The van der Waals surface area contributed by atoms with Crippen LogP contribution in [-0.4, -0.2) is 24.2 Å². The van der Waals surface area contributed by atoms with Crippen molar-refractivity contribution in [3.8, 4) is 0 Å². The summed E-state index contributed by atoms with van der Waals surface area (Å²) in [6, 6.07) is 6.75. The Balaban J connectivity index is 3.02. The lowest BCUT2D eigenvalue weighted by atomic mass is 10.2. The third-order valence-corrected chi connectivity index (χ3v) is 5.53. The van der Waals surface area contributed by atoms with Gasteiger partial charge in [-0.25, -0.2) is 8.42 Å². The van der Waals surface area contributed by atoms with Crippen molar-refractivity contribution in [2.75, 3.05) is 0 Å². The maximum Gasteiger partial charge on any atom is 0.324 e. The average molecular weight is 321 g/mol. The van der Waals surface area contributed by atoms with Crippen LogP contribution in [0.5, 0.6) is 0 Å². The lowest BCUT2D eigenvalue weighted by Gasteiger charge is -2.19. The van der Waals surface area contributed by atoms with Crippen LogP contribution in [-0.2, 0) is 20.4 Å². The summed E-state index contributed by atoms with van der Waals surface area (Å²) in [7, 11) is -3.74. The van der Waals surface area contributed by atoms with E-state index in [0.717, 1.165) is 4.47 Å². The van der Waals surface area contributed by atoms with E-state index in [4.69, 9.17) is 5.11 Å². The molecular formula is C11H13BrO4S. The number of carbonyl (C=O) groups is 1. The molecule has 0 aliphatic carbocycles. The van der Waals surface area contributed by atoms with Crippen molar-refractivity contribution in [1.82, 2.24) is 0 Å². The fourth-order valence-corrected chi connectivity index (χ4v) is 2.64. The third-order valence-electron chi connectivity index (χ3n) is 2.56. The van der Waals surface area contributed by atoms with Crippen LogP contribution in [0.25, 0.3) is 0 Å². The number of aliphatic carboxylic acids is 1. The first-order chi connectivity index (χ1) is 7.67. The molecule has 0 spiro atoms. The van der Waals surface area contributed by atoms with Crippen LogP contribution in [0.4, 0.5) is 0 Å². The summed E-state index contributed by atoms with van der Waals surface area (Å²) in [5.74, 6) is -1.62. The van der Waals surface area contributed by atoms with Gasteiger partial charge in [-0.15, -0.1) is 0 Å². The Hall–Kier alpha value is -0.880. The minimum Gasteiger partial charge on any atom is -0.480 e. The van der Waals surface area contributed by atoms with Gasteiger partial charge in [0.15, 0.2) is 14.6 Å². The van der Waals surface area contributed by atoms with Crippen molar-refractivity contribution in [1.29, 1.82) is 0 Å². The van der Waals surface area contributed by atoms with E-state index < -0.39 is 20.6 Å². The van der Waals surface area contributed by atoms with Gasteiger partial charge in [0, 0.05) is 4.47 Å². The highest BCUT2D eigenvalue weighted by Crippen LogP contribution is 2.22. The second-order valence-electron chi connectivity index (χ2n) is 4.20. The fraction of sp³-hybridized carbons (Fsp3) is 0.364. The quantitative estimate of drug-likeness (QED) is 0.923. The van der Waals surface area contributed by atoms with Gasteiger partial charge in [0.2, 0.25) is 0 Å². The molecular weight excluding hydrogens is 308 g/mol. The number of halogens is 1. The van der Waals surface area contributed by atoms with Crippen LogP contribution in [0.2, 0.25) is 0 Å². The van der Waals surface area contributed by atoms with E-state index in [-0.39, 0.29) is 5.75 Å². The van der Waals surface area contributed by atoms with Crippen LogP contribution in [0.3, 0.4) is 0 Å². The number of benzene rings is 1. The zero-order valence-electron chi connectivity index (χ0n) is 9.47. The molecule has 0 fully saturated rings. The number of rotatable bonds is 4. The normalized spacial score (nSPS) is 12.4. The first-order valence-corrected chi connectivity index (χ1v) is 7.31. The standard InChI is InChI=1S/C11H13BrO4S/c1-11(2,10(13)14)17(15,16)7-8-3-5-9(12)6-4-8/h3-6H,7H2,1-2H3,(H,13,14). The maximum absolute atomic E-state index is 12.0. The van der Waals surface area contributed by atoms with Crippen molar-refractivity contribution in [2.24, 2.45) is 0 Å². The molecule has 6 heteroatoms. The minimum atomic E-state index is -3.74. The van der Waals surface area contributed by atoms with Gasteiger partial charge in [-0.05, 0) is 31.5 Å². The van der Waals surface area contributed by atoms with Crippen LogP contribution in [0.15, 0.2) is 28.7 Å². The molecule has 0 aliphatic rings. The Morgan fingerprint density at radius 3 is 2.18 bits per heavy atom. The number of carboxylic acid groups (broad SMARTS) is 1. The topological polar surface area (TPSA) is 71.4 Å². The minimum absolute atomic E-state index is 0.278. The molecule has 0 unspecified atom stereocenters. The zero-order chi connectivity index (χ0) is 13.3. The van der Waals surface area contributed by atoms with Gasteiger partial charge < -0.3 is 5.11 Å². The number of hydrogen-bond donors (Lipinski definition) is 1. The predicted molar refractivity (Wildman–Crippen MR) is 68.5 cm³/mol. The Morgan fingerprint density at radius 2 is 1.76 bits per heavy atom. The summed E-state index contributed by atoms with van der Waals surface area (Å²) in [5.41, 5.74) is 0.572. The second kappa shape index (κ2) is 4.78. The number of hydrogen-bond acceptors (Lipinski definition) is 3. The molecule has 4 nitrogen and oxygen atoms in total. The highest BCUT2D eigenvalue weighted by molar-refractivity contribution is 9.10. The average Bonchev–Trinajstić information content (AvgIpc) is 2.20. The number of carboxylic acids is 1. The van der Waals surface area contributed by atoms with Crippen LogP contribution in [0, 0.1) is 0 Å². The molecule has 94 valence electrons. The van der Waals surface area contributed by atoms with E-state index in [9.17, 15) is 13.2 Å². The lowest BCUT2D eigenvalue weighted by Crippen LogP contribution is -2.41. The molecule has 0 aromatic heterocycles. The van der Waals surface area contributed by atoms with Crippen LogP contribution < -0.4 is 0 Å². The van der Waals surface area contributed by atoms with Crippen LogP contribution in [0.1, 0.15) is 19.4 Å². The Morgan fingerprint density at radius 1 is 1.29 bits per heavy atom. The van der Waals surface area contributed by atoms with Crippen molar-refractivity contribution >= 4 is 31.7 Å². The van der Waals surface area contributed by atoms with Gasteiger partial charge in [0.25, 0.3) is 0 Å². The number of sulfone groups is 1. The van der Waals surface area contributed by atoms with Crippen molar-refractivity contribution in [2.45, 2.75) is 24.3 Å². The summed E-state index contributed by atoms with van der Waals surface area (Å²) in [6.07, 6.45) is 0. The molecule has 1 rings (SSSR count). The van der Waals surface area contributed by atoms with Gasteiger partial charge >= 0.3 is 5.97 Å². The van der Waals surface area contributed by atoms with E-state index in [0.29, 0.717) is 5.56 Å². The third kappa shape index (κ3) is 3.07. The van der Waals surface area contributed by atoms with Crippen molar-refractivity contribution in [3.63, 3.8) is 0 Å². The first-order valence-electron chi connectivity index (χ1n) is 4.87. The molecule has 0 saturated carbocycles. The van der Waals surface area contributed by atoms with E-state index in [1.807, 2.05) is 0 Å². The van der Waals surface area contributed by atoms with E-state index in [2.05, 4.69) is 15.9 Å². The summed E-state index contributed by atoms with van der Waals surface area (Å²) in [4.78, 5) is 10.9.